The van der Waals surface area contributed by atoms with Crippen LogP contribution in [0.5, 0.6) is 0 Å². The Hall–Kier alpha value is -0.280. The molecule has 0 spiro atoms. The van der Waals surface area contributed by atoms with Gasteiger partial charge in [0, 0.05) is 25.0 Å². The Morgan fingerprint density at radius 2 is 1.79 bits per heavy atom. The predicted octanol–water partition coefficient (Wildman–Crippen LogP) is 2.82. The van der Waals surface area contributed by atoms with Crippen molar-refractivity contribution in [3.8, 4) is 0 Å². The standard InChI is InChI=1S/C15H28N2O.ClH/c1-3-8-17(4-2)15(18)13-9-11-6-5-7-12(10-13)14(11)16;/h11-14H,3-10,16H2,1-2H3;1H. The van der Waals surface area contributed by atoms with Crippen LogP contribution in [0.4, 0.5) is 0 Å². The van der Waals surface area contributed by atoms with Gasteiger partial charge in [0.15, 0.2) is 0 Å². The third-order valence-corrected chi connectivity index (χ3v) is 4.95. The van der Waals surface area contributed by atoms with Gasteiger partial charge in [-0.25, -0.2) is 0 Å². The van der Waals surface area contributed by atoms with E-state index in [4.69, 9.17) is 5.73 Å². The molecule has 1 amide bonds. The summed E-state index contributed by atoms with van der Waals surface area (Å²) in [5, 5.41) is 0. The van der Waals surface area contributed by atoms with Gasteiger partial charge >= 0.3 is 0 Å². The molecule has 4 heteroatoms. The molecule has 0 aromatic heterocycles. The number of amides is 1. The highest BCUT2D eigenvalue weighted by atomic mass is 35.5. The highest BCUT2D eigenvalue weighted by molar-refractivity contribution is 5.85. The molecule has 2 N–H and O–H groups in total. The van der Waals surface area contributed by atoms with Gasteiger partial charge in [0.1, 0.15) is 0 Å². The second kappa shape index (κ2) is 7.49. The Morgan fingerprint density at radius 1 is 1.21 bits per heavy atom. The second-order valence-electron chi connectivity index (χ2n) is 6.11. The molecule has 2 aliphatic rings. The third kappa shape index (κ3) is 3.63. The SMILES string of the molecule is CCCN(CC)C(=O)C1CC2CCCC(C1)C2N.Cl. The maximum atomic E-state index is 12.5. The summed E-state index contributed by atoms with van der Waals surface area (Å²) in [5.41, 5.74) is 6.29. The van der Waals surface area contributed by atoms with Gasteiger partial charge in [-0.15, -0.1) is 12.4 Å². The van der Waals surface area contributed by atoms with Gasteiger partial charge < -0.3 is 10.6 Å². The fourth-order valence-corrected chi connectivity index (χ4v) is 3.94. The monoisotopic (exact) mass is 288 g/mol. The average Bonchev–Trinajstić information content (AvgIpc) is 2.35. The molecule has 2 unspecified atom stereocenters. The Balaban J connectivity index is 0.00000180. The van der Waals surface area contributed by atoms with Crippen molar-refractivity contribution in [1.82, 2.24) is 4.90 Å². The molecule has 2 aliphatic carbocycles. The summed E-state index contributed by atoms with van der Waals surface area (Å²) in [7, 11) is 0. The van der Waals surface area contributed by atoms with Crippen LogP contribution >= 0.6 is 12.4 Å². The highest BCUT2D eigenvalue weighted by Gasteiger charge is 2.41. The topological polar surface area (TPSA) is 46.3 Å². The number of rotatable bonds is 4. The van der Waals surface area contributed by atoms with E-state index in [1.807, 2.05) is 4.90 Å². The molecule has 19 heavy (non-hydrogen) atoms. The van der Waals surface area contributed by atoms with Crippen LogP contribution < -0.4 is 5.73 Å². The summed E-state index contributed by atoms with van der Waals surface area (Å²) in [6.45, 7) is 5.99. The fourth-order valence-electron chi connectivity index (χ4n) is 3.94. The van der Waals surface area contributed by atoms with E-state index in [9.17, 15) is 4.79 Å². The number of halogens is 1. The number of hydrogen-bond acceptors (Lipinski definition) is 2. The smallest absolute Gasteiger partial charge is 0.225 e. The van der Waals surface area contributed by atoms with E-state index in [0.717, 1.165) is 32.4 Å². The molecule has 0 aromatic rings. The lowest BCUT2D eigenvalue weighted by Crippen LogP contribution is -2.49. The van der Waals surface area contributed by atoms with Crippen LogP contribution in [-0.2, 0) is 4.79 Å². The van der Waals surface area contributed by atoms with Gasteiger partial charge in [-0.1, -0.05) is 13.3 Å². The number of nitrogens with two attached hydrogens (primary N) is 1. The average molecular weight is 289 g/mol. The molecular formula is C15H29ClN2O. The molecule has 3 nitrogen and oxygen atoms in total. The molecule has 112 valence electrons. The van der Waals surface area contributed by atoms with E-state index in [0.29, 0.717) is 23.8 Å². The van der Waals surface area contributed by atoms with Crippen molar-refractivity contribution in [3.05, 3.63) is 0 Å². The first-order valence-corrected chi connectivity index (χ1v) is 7.71. The van der Waals surface area contributed by atoms with Crippen LogP contribution in [0.3, 0.4) is 0 Å². The molecule has 2 rings (SSSR count). The van der Waals surface area contributed by atoms with E-state index in [1.165, 1.54) is 19.3 Å². The summed E-state index contributed by atoms with van der Waals surface area (Å²) in [6, 6.07) is 0.365. The van der Waals surface area contributed by atoms with Gasteiger partial charge in [-0.05, 0) is 50.9 Å². The predicted molar refractivity (Wildman–Crippen MR) is 81.3 cm³/mol. The van der Waals surface area contributed by atoms with E-state index in [-0.39, 0.29) is 18.3 Å². The summed E-state index contributed by atoms with van der Waals surface area (Å²) < 4.78 is 0. The lowest BCUT2D eigenvalue weighted by Gasteiger charge is -2.44. The maximum absolute atomic E-state index is 12.5. The Bertz CT molecular complexity index is 284. The lowest BCUT2D eigenvalue weighted by molar-refractivity contribution is -0.138. The molecule has 2 fully saturated rings. The maximum Gasteiger partial charge on any atom is 0.225 e. The molecule has 0 heterocycles. The van der Waals surface area contributed by atoms with E-state index in [2.05, 4.69) is 13.8 Å². The number of carbonyl (C=O) groups excluding carboxylic acids is 1. The number of fused-ring (bicyclic) bond motifs is 2. The third-order valence-electron chi connectivity index (χ3n) is 4.95. The Kier molecular flexibility index (Phi) is 6.61. The van der Waals surface area contributed by atoms with Gasteiger partial charge in [-0.2, -0.15) is 0 Å². The molecule has 0 aromatic carbocycles. The number of hydrogen-bond donors (Lipinski definition) is 1. The zero-order valence-corrected chi connectivity index (χ0v) is 13.1. The highest BCUT2D eigenvalue weighted by Crippen LogP contribution is 2.42. The van der Waals surface area contributed by atoms with Crippen molar-refractivity contribution in [2.24, 2.45) is 23.5 Å². The second-order valence-corrected chi connectivity index (χ2v) is 6.11. The van der Waals surface area contributed by atoms with Crippen molar-refractivity contribution in [1.29, 1.82) is 0 Å². The van der Waals surface area contributed by atoms with E-state index < -0.39 is 0 Å². The summed E-state index contributed by atoms with van der Waals surface area (Å²) in [5.74, 6) is 1.85. The molecule has 0 radical (unpaired) electrons. The van der Waals surface area contributed by atoms with Crippen LogP contribution in [0.2, 0.25) is 0 Å². The van der Waals surface area contributed by atoms with Gasteiger partial charge in [-0.3, -0.25) is 4.79 Å². The van der Waals surface area contributed by atoms with E-state index in [1.54, 1.807) is 0 Å². The molecule has 2 saturated carbocycles. The largest absolute Gasteiger partial charge is 0.343 e. The fraction of sp³-hybridized carbons (Fsp3) is 0.933. The van der Waals surface area contributed by atoms with Crippen LogP contribution in [0, 0.1) is 17.8 Å². The van der Waals surface area contributed by atoms with Crippen LogP contribution in [0.1, 0.15) is 52.4 Å². The van der Waals surface area contributed by atoms with E-state index >= 15 is 0 Å². The first-order valence-electron chi connectivity index (χ1n) is 7.71. The molecular weight excluding hydrogens is 260 g/mol. The minimum atomic E-state index is 0. The van der Waals surface area contributed by atoms with Gasteiger partial charge in [0.2, 0.25) is 5.91 Å². The molecule has 2 bridgehead atoms. The minimum Gasteiger partial charge on any atom is -0.343 e. The Morgan fingerprint density at radius 3 is 2.26 bits per heavy atom. The number of nitrogens with zero attached hydrogens (tertiary/aromatic N) is 1. The van der Waals surface area contributed by atoms with Crippen molar-refractivity contribution < 1.29 is 4.79 Å². The quantitative estimate of drug-likeness (QED) is 0.865. The van der Waals surface area contributed by atoms with Crippen LogP contribution in [0.15, 0.2) is 0 Å². The lowest BCUT2D eigenvalue weighted by atomic mass is 9.65. The molecule has 0 saturated heterocycles. The normalized spacial score (nSPS) is 33.4. The zero-order chi connectivity index (χ0) is 13.1. The van der Waals surface area contributed by atoms with Gasteiger partial charge in [0.25, 0.3) is 0 Å². The first-order chi connectivity index (χ1) is 8.67. The summed E-state index contributed by atoms with van der Waals surface area (Å²) in [6.07, 6.45) is 6.92. The van der Waals surface area contributed by atoms with Gasteiger partial charge in [0.05, 0.1) is 0 Å². The summed E-state index contributed by atoms with van der Waals surface area (Å²) in [4.78, 5) is 14.6. The van der Waals surface area contributed by atoms with Crippen LogP contribution in [-0.4, -0.2) is 29.9 Å². The van der Waals surface area contributed by atoms with Crippen molar-refractivity contribution in [2.75, 3.05) is 13.1 Å². The summed E-state index contributed by atoms with van der Waals surface area (Å²) >= 11 is 0. The van der Waals surface area contributed by atoms with Crippen molar-refractivity contribution in [2.45, 2.75) is 58.4 Å². The Labute approximate surface area is 123 Å². The van der Waals surface area contributed by atoms with Crippen molar-refractivity contribution >= 4 is 18.3 Å². The molecule has 2 atom stereocenters. The zero-order valence-electron chi connectivity index (χ0n) is 12.3. The minimum absolute atomic E-state index is 0. The van der Waals surface area contributed by atoms with Crippen LogP contribution in [0.25, 0.3) is 0 Å². The number of carbonyl (C=O) groups is 1. The van der Waals surface area contributed by atoms with Crippen molar-refractivity contribution in [3.63, 3.8) is 0 Å². The first kappa shape index (κ1) is 16.8. The molecule has 0 aliphatic heterocycles.